The maximum absolute atomic E-state index is 12.2. The number of rotatable bonds is 3. The summed E-state index contributed by atoms with van der Waals surface area (Å²) in [6.07, 6.45) is 0. The van der Waals surface area contributed by atoms with Gasteiger partial charge in [0.1, 0.15) is 5.75 Å². The Morgan fingerprint density at radius 2 is 1.95 bits per heavy atom. The zero-order valence-corrected chi connectivity index (χ0v) is 12.5. The highest BCUT2D eigenvalue weighted by molar-refractivity contribution is 6.32. The monoisotopic (exact) mass is 313 g/mol. The normalized spacial score (nSPS) is 10.5. The summed E-state index contributed by atoms with van der Waals surface area (Å²) >= 11 is 6.03. The minimum atomic E-state index is -0.348. The van der Waals surface area contributed by atoms with Crippen LogP contribution in [0.2, 0.25) is 5.02 Å². The lowest BCUT2D eigenvalue weighted by Crippen LogP contribution is -2.14. The molecule has 3 aromatic rings. The maximum atomic E-state index is 12.2. The molecule has 0 unspecified atom stereocenters. The number of carbonyl (C=O) groups excluding carboxylic acids is 1. The molecule has 1 amide bonds. The van der Waals surface area contributed by atoms with Gasteiger partial charge in [-0.2, -0.15) is 0 Å². The highest BCUT2D eigenvalue weighted by Crippen LogP contribution is 2.27. The van der Waals surface area contributed by atoms with Gasteiger partial charge in [-0.05, 0) is 30.3 Å². The van der Waals surface area contributed by atoms with E-state index in [-0.39, 0.29) is 11.6 Å². The molecule has 0 saturated heterocycles. The van der Waals surface area contributed by atoms with Gasteiger partial charge in [0.25, 0.3) is 5.91 Å². The number of nitrogens with zero attached hydrogens (tertiary/aromatic N) is 2. The summed E-state index contributed by atoms with van der Waals surface area (Å²) in [5.74, 6) is 0.199. The van der Waals surface area contributed by atoms with Crippen molar-refractivity contribution in [2.75, 3.05) is 12.4 Å². The molecule has 0 saturated carbocycles. The molecule has 5 nitrogen and oxygen atoms in total. The fourth-order valence-corrected chi connectivity index (χ4v) is 2.29. The Hall–Kier alpha value is -2.66. The van der Waals surface area contributed by atoms with Crippen molar-refractivity contribution in [1.29, 1.82) is 0 Å². The molecule has 2 aromatic carbocycles. The second-order valence-corrected chi connectivity index (χ2v) is 5.00. The number of anilines is 1. The van der Waals surface area contributed by atoms with Gasteiger partial charge < -0.3 is 10.1 Å². The first-order valence-electron chi connectivity index (χ1n) is 6.55. The summed E-state index contributed by atoms with van der Waals surface area (Å²) in [5, 5.41) is 12.0. The Balaban J connectivity index is 1.85. The van der Waals surface area contributed by atoms with E-state index >= 15 is 0 Å². The SMILES string of the molecule is COc1ccc(NC(=O)c2cc3ccccc3nn2)cc1Cl. The van der Waals surface area contributed by atoms with Crippen molar-refractivity contribution in [3.63, 3.8) is 0 Å². The summed E-state index contributed by atoms with van der Waals surface area (Å²) in [6, 6.07) is 14.2. The fourth-order valence-electron chi connectivity index (χ4n) is 2.03. The highest BCUT2D eigenvalue weighted by Gasteiger charge is 2.11. The van der Waals surface area contributed by atoms with Crippen molar-refractivity contribution in [3.8, 4) is 5.75 Å². The Bertz CT molecular complexity index is 852. The first kappa shape index (κ1) is 14.3. The topological polar surface area (TPSA) is 64.1 Å². The Kier molecular flexibility index (Phi) is 3.89. The van der Waals surface area contributed by atoms with Gasteiger partial charge in [-0.3, -0.25) is 4.79 Å². The molecular formula is C16H12ClN3O2. The van der Waals surface area contributed by atoms with Gasteiger partial charge in [-0.25, -0.2) is 0 Å². The van der Waals surface area contributed by atoms with E-state index in [4.69, 9.17) is 16.3 Å². The predicted molar refractivity (Wildman–Crippen MR) is 85.5 cm³/mol. The van der Waals surface area contributed by atoms with E-state index in [2.05, 4.69) is 15.5 Å². The molecule has 0 spiro atoms. The zero-order chi connectivity index (χ0) is 15.5. The molecule has 1 heterocycles. The molecule has 1 aromatic heterocycles. The van der Waals surface area contributed by atoms with Crippen molar-refractivity contribution < 1.29 is 9.53 Å². The minimum absolute atomic E-state index is 0.241. The summed E-state index contributed by atoms with van der Waals surface area (Å²) in [6.45, 7) is 0. The molecule has 0 aliphatic heterocycles. The number of fused-ring (bicyclic) bond motifs is 1. The lowest BCUT2D eigenvalue weighted by atomic mass is 10.2. The average molecular weight is 314 g/mol. The van der Waals surface area contributed by atoms with Gasteiger partial charge >= 0.3 is 0 Å². The number of benzene rings is 2. The fraction of sp³-hybridized carbons (Fsp3) is 0.0625. The summed E-state index contributed by atoms with van der Waals surface area (Å²) < 4.78 is 5.07. The number of methoxy groups -OCH3 is 1. The lowest BCUT2D eigenvalue weighted by molar-refractivity contribution is 0.102. The van der Waals surface area contributed by atoms with Crippen LogP contribution < -0.4 is 10.1 Å². The molecule has 22 heavy (non-hydrogen) atoms. The van der Waals surface area contributed by atoms with Gasteiger partial charge in [0.2, 0.25) is 0 Å². The van der Waals surface area contributed by atoms with Gasteiger partial charge in [-0.15, -0.1) is 10.2 Å². The number of carbonyl (C=O) groups is 1. The van der Waals surface area contributed by atoms with Crippen LogP contribution in [0, 0.1) is 0 Å². The summed E-state index contributed by atoms with van der Waals surface area (Å²) in [7, 11) is 1.53. The van der Waals surface area contributed by atoms with E-state index in [1.807, 2.05) is 24.3 Å². The van der Waals surface area contributed by atoms with Gasteiger partial charge in [0.15, 0.2) is 5.69 Å². The highest BCUT2D eigenvalue weighted by atomic mass is 35.5. The molecule has 110 valence electrons. The third-order valence-corrected chi connectivity index (χ3v) is 3.43. The number of nitrogens with one attached hydrogen (secondary N) is 1. The van der Waals surface area contributed by atoms with E-state index in [1.165, 1.54) is 7.11 Å². The van der Waals surface area contributed by atoms with Gasteiger partial charge in [-0.1, -0.05) is 29.8 Å². The van der Waals surface area contributed by atoms with Crippen LogP contribution in [0.4, 0.5) is 5.69 Å². The molecule has 1 N–H and O–H groups in total. The molecular weight excluding hydrogens is 302 g/mol. The molecule has 0 bridgehead atoms. The third-order valence-electron chi connectivity index (χ3n) is 3.14. The first-order chi connectivity index (χ1) is 10.7. The molecule has 6 heteroatoms. The number of amides is 1. The second kappa shape index (κ2) is 5.99. The zero-order valence-electron chi connectivity index (χ0n) is 11.7. The van der Waals surface area contributed by atoms with Gasteiger partial charge in [0.05, 0.1) is 17.6 Å². The molecule has 0 atom stereocenters. The molecule has 0 radical (unpaired) electrons. The van der Waals surface area contributed by atoms with Crippen molar-refractivity contribution in [3.05, 3.63) is 59.2 Å². The van der Waals surface area contributed by atoms with Crippen LogP contribution in [-0.4, -0.2) is 23.2 Å². The number of aromatic nitrogens is 2. The summed E-state index contributed by atoms with van der Waals surface area (Å²) in [5.41, 5.74) is 1.54. The number of hydrogen-bond donors (Lipinski definition) is 1. The molecule has 0 aliphatic rings. The number of ether oxygens (including phenoxy) is 1. The Morgan fingerprint density at radius 1 is 1.14 bits per heavy atom. The molecule has 0 aliphatic carbocycles. The Morgan fingerprint density at radius 3 is 2.73 bits per heavy atom. The van der Waals surface area contributed by atoms with Crippen LogP contribution in [0.15, 0.2) is 48.5 Å². The van der Waals surface area contributed by atoms with E-state index in [0.29, 0.717) is 16.5 Å². The van der Waals surface area contributed by atoms with Crippen molar-refractivity contribution >= 4 is 34.1 Å². The third kappa shape index (κ3) is 2.84. The van der Waals surface area contributed by atoms with Crippen molar-refractivity contribution in [2.24, 2.45) is 0 Å². The van der Waals surface area contributed by atoms with Crippen LogP contribution in [0.25, 0.3) is 10.9 Å². The van der Waals surface area contributed by atoms with Crippen LogP contribution in [0.3, 0.4) is 0 Å². The van der Waals surface area contributed by atoms with Crippen molar-refractivity contribution in [2.45, 2.75) is 0 Å². The van der Waals surface area contributed by atoms with Crippen LogP contribution in [-0.2, 0) is 0 Å². The van der Waals surface area contributed by atoms with Crippen LogP contribution in [0.1, 0.15) is 10.5 Å². The standard InChI is InChI=1S/C16H12ClN3O2/c1-22-15-7-6-11(9-12(15)17)18-16(21)14-8-10-4-2-3-5-13(10)19-20-14/h2-9H,1H3,(H,18,21). The van der Waals surface area contributed by atoms with E-state index in [1.54, 1.807) is 24.3 Å². The maximum Gasteiger partial charge on any atom is 0.276 e. The first-order valence-corrected chi connectivity index (χ1v) is 6.92. The molecule has 0 fully saturated rings. The number of hydrogen-bond acceptors (Lipinski definition) is 4. The van der Waals surface area contributed by atoms with Gasteiger partial charge in [0, 0.05) is 11.1 Å². The molecule has 3 rings (SSSR count). The van der Waals surface area contributed by atoms with E-state index in [0.717, 1.165) is 10.9 Å². The average Bonchev–Trinajstić information content (AvgIpc) is 2.54. The van der Waals surface area contributed by atoms with E-state index < -0.39 is 0 Å². The smallest absolute Gasteiger partial charge is 0.276 e. The lowest BCUT2D eigenvalue weighted by Gasteiger charge is -2.07. The quantitative estimate of drug-likeness (QED) is 0.803. The van der Waals surface area contributed by atoms with Crippen molar-refractivity contribution in [1.82, 2.24) is 10.2 Å². The largest absolute Gasteiger partial charge is 0.495 e. The number of halogens is 1. The second-order valence-electron chi connectivity index (χ2n) is 4.59. The minimum Gasteiger partial charge on any atom is -0.495 e. The summed E-state index contributed by atoms with van der Waals surface area (Å²) in [4.78, 5) is 12.2. The van der Waals surface area contributed by atoms with Crippen LogP contribution >= 0.6 is 11.6 Å². The van der Waals surface area contributed by atoms with Crippen LogP contribution in [0.5, 0.6) is 5.75 Å². The predicted octanol–water partition coefficient (Wildman–Crippen LogP) is 3.54. The van der Waals surface area contributed by atoms with E-state index in [9.17, 15) is 4.79 Å². The Labute approximate surface area is 131 Å².